The fraction of sp³-hybridized carbons (Fsp3) is 0. The SMILES string of the molecule is [2H]c1c([2H])c([2H])c(-c2c([2H])c([2H])c(N(c3c([2H])c([2H])c(-c4c([2H])c([2H])c5sc6c([2H])c([2H])c([2H])c([2H])c6c5c4[2H])c([2H])c3[2H])c3cccc4oc5c6ccccc6ccc5c34)c([2H])c2[2H])c([2H])c1[2H]. The van der Waals surface area contributed by atoms with E-state index in [4.69, 9.17) is 19.5 Å². The van der Waals surface area contributed by atoms with Gasteiger partial charge >= 0.3 is 0 Å². The summed E-state index contributed by atoms with van der Waals surface area (Å²) in [5, 5.41) is 1.98. The molecule has 0 amide bonds. The van der Waals surface area contributed by atoms with Gasteiger partial charge in [-0.2, -0.15) is 0 Å². The molecule has 3 heteroatoms. The lowest BCUT2D eigenvalue weighted by molar-refractivity contribution is 0.672. The van der Waals surface area contributed by atoms with Crippen molar-refractivity contribution in [1.29, 1.82) is 0 Å². The van der Waals surface area contributed by atoms with Crippen LogP contribution in [0.15, 0.2) is 180 Å². The third kappa shape index (κ3) is 4.62. The maximum Gasteiger partial charge on any atom is 0.143 e. The number of thiophene rings is 1. The largest absolute Gasteiger partial charge is 0.455 e. The molecule has 0 aliphatic heterocycles. The number of hydrogen-bond donors (Lipinski definition) is 0. The number of fused-ring (bicyclic) bond motifs is 8. The van der Waals surface area contributed by atoms with Gasteiger partial charge in [0.15, 0.2) is 0 Å². The molecule has 0 saturated carbocycles. The van der Waals surface area contributed by atoms with Gasteiger partial charge in [0.05, 0.1) is 38.5 Å². The molecule has 0 spiro atoms. The van der Waals surface area contributed by atoms with E-state index in [2.05, 4.69) is 0 Å². The first-order valence-corrected chi connectivity index (χ1v) is 15.8. The molecule has 2 nitrogen and oxygen atoms in total. The van der Waals surface area contributed by atoms with E-state index in [-0.39, 0.29) is 36.8 Å². The van der Waals surface area contributed by atoms with E-state index < -0.39 is 154 Å². The summed E-state index contributed by atoms with van der Waals surface area (Å²) in [6.45, 7) is 0. The van der Waals surface area contributed by atoms with Crippen LogP contribution in [0, 0.1) is 0 Å². The van der Waals surface area contributed by atoms with Crippen molar-refractivity contribution in [3.05, 3.63) is 175 Å². The first-order valence-electron chi connectivity index (χ1n) is 25.0. The lowest BCUT2D eigenvalue weighted by Gasteiger charge is -2.26. The van der Waals surface area contributed by atoms with Gasteiger partial charge < -0.3 is 9.32 Å². The highest BCUT2D eigenvalue weighted by Crippen LogP contribution is 2.45. The Morgan fingerprint density at radius 2 is 1.16 bits per heavy atom. The highest BCUT2D eigenvalue weighted by Gasteiger charge is 2.20. The average Bonchev–Trinajstić information content (AvgIpc) is 3.94. The number of nitrogens with zero attached hydrogens (tertiary/aromatic N) is 1. The van der Waals surface area contributed by atoms with Crippen molar-refractivity contribution in [3.8, 4) is 22.3 Å². The van der Waals surface area contributed by atoms with Crippen LogP contribution in [0.25, 0.3) is 75.1 Å². The number of rotatable bonds is 5. The molecule has 10 rings (SSSR count). The van der Waals surface area contributed by atoms with Crippen molar-refractivity contribution in [2.24, 2.45) is 0 Å². The van der Waals surface area contributed by atoms with Gasteiger partial charge in [0.1, 0.15) is 11.2 Å². The van der Waals surface area contributed by atoms with Gasteiger partial charge in [0, 0.05) is 42.3 Å². The molecule has 49 heavy (non-hydrogen) atoms. The molecule has 2 aromatic heterocycles. The number of anilines is 3. The third-order valence-corrected chi connectivity index (χ3v) is 9.18. The normalized spacial score (nSPS) is 17.4. The summed E-state index contributed by atoms with van der Waals surface area (Å²) in [5.74, 6) is 0. The monoisotopic (exact) mass is 663 g/mol. The molecule has 0 aliphatic carbocycles. The zero-order valence-electron chi connectivity index (χ0n) is 45.0. The van der Waals surface area contributed by atoms with Gasteiger partial charge in [0.2, 0.25) is 0 Å². The highest BCUT2D eigenvalue weighted by atomic mass is 32.1. The Morgan fingerprint density at radius 3 is 1.98 bits per heavy atom. The molecule has 0 bridgehead atoms. The van der Waals surface area contributed by atoms with Crippen molar-refractivity contribution in [2.75, 3.05) is 4.90 Å². The molecule has 0 atom stereocenters. The van der Waals surface area contributed by atoms with Crippen LogP contribution >= 0.6 is 11.3 Å². The van der Waals surface area contributed by atoms with Crippen LogP contribution < -0.4 is 4.90 Å². The standard InChI is InChI=1S/C46H29NOS/c1-2-9-30(10-3-1)31-17-23-35(24-18-31)47(41-14-8-15-42-45(41)39-27-21-33-11-4-5-12-37(33)46(39)48-42)36-25-19-32(20-26-36)34-22-28-44-40(29-34)38-13-6-7-16-43(38)49-44/h1-29H/i1D,2D,3D,6D,7D,9D,10D,13D,16D,17D,18D,19D,20D,22D,23D,24D,25D,26D,28D,29D. The summed E-state index contributed by atoms with van der Waals surface area (Å²) >= 11 is 0.777. The minimum Gasteiger partial charge on any atom is -0.455 e. The van der Waals surface area contributed by atoms with Gasteiger partial charge in [-0.1, -0.05) is 115 Å². The topological polar surface area (TPSA) is 16.4 Å². The predicted octanol–water partition coefficient (Wildman–Crippen LogP) is 13.9. The summed E-state index contributed by atoms with van der Waals surface area (Å²) in [5.41, 5.74) is -3.06. The third-order valence-electron chi connectivity index (χ3n) is 8.16. The van der Waals surface area contributed by atoms with E-state index in [1.165, 1.54) is 12.1 Å². The lowest BCUT2D eigenvalue weighted by Crippen LogP contribution is -2.10. The van der Waals surface area contributed by atoms with E-state index in [0.717, 1.165) is 21.6 Å². The van der Waals surface area contributed by atoms with Crippen molar-refractivity contribution in [3.63, 3.8) is 0 Å². The Kier molecular flexibility index (Phi) is 3.33. The molecule has 8 aromatic carbocycles. The fourth-order valence-corrected chi connectivity index (χ4v) is 6.88. The van der Waals surface area contributed by atoms with Crippen molar-refractivity contribution in [1.82, 2.24) is 0 Å². The van der Waals surface area contributed by atoms with Crippen molar-refractivity contribution in [2.45, 2.75) is 0 Å². The van der Waals surface area contributed by atoms with E-state index >= 15 is 0 Å². The van der Waals surface area contributed by atoms with Crippen LogP contribution in [-0.2, 0) is 0 Å². The fourth-order valence-electron chi connectivity index (χ4n) is 5.96. The molecule has 0 radical (unpaired) electrons. The van der Waals surface area contributed by atoms with Crippen molar-refractivity contribution < 1.29 is 31.8 Å². The van der Waals surface area contributed by atoms with E-state index in [1.54, 1.807) is 18.2 Å². The summed E-state index contributed by atoms with van der Waals surface area (Å²) in [4.78, 5) is 1.01. The second-order valence-corrected chi connectivity index (χ2v) is 12.0. The maximum atomic E-state index is 9.67. The van der Waals surface area contributed by atoms with E-state index in [1.807, 2.05) is 24.3 Å². The lowest BCUT2D eigenvalue weighted by atomic mass is 10.0. The van der Waals surface area contributed by atoms with Gasteiger partial charge in [-0.25, -0.2) is 0 Å². The predicted molar refractivity (Wildman–Crippen MR) is 210 cm³/mol. The Labute approximate surface area is 315 Å². The summed E-state index contributed by atoms with van der Waals surface area (Å²) < 4.78 is 186. The number of hydrogen-bond acceptors (Lipinski definition) is 3. The summed E-state index contributed by atoms with van der Waals surface area (Å²) in [7, 11) is 0. The van der Waals surface area contributed by atoms with Crippen LogP contribution in [0.1, 0.15) is 27.4 Å². The molecule has 2 heterocycles. The molecule has 0 unspecified atom stereocenters. The minimum absolute atomic E-state index is 0.00607. The van der Waals surface area contributed by atoms with Crippen LogP contribution in [0.2, 0.25) is 0 Å². The average molecular weight is 664 g/mol. The molecular weight excluding hydrogens is 615 g/mol. The zero-order chi connectivity index (χ0) is 49.7. The number of furan rings is 1. The quantitative estimate of drug-likeness (QED) is 0.182. The van der Waals surface area contributed by atoms with Crippen LogP contribution in [0.3, 0.4) is 0 Å². The van der Waals surface area contributed by atoms with Crippen LogP contribution in [0.4, 0.5) is 17.1 Å². The Morgan fingerprint density at radius 1 is 0.490 bits per heavy atom. The Hall–Kier alpha value is -6.16. The molecule has 0 aliphatic rings. The van der Waals surface area contributed by atoms with E-state index in [9.17, 15) is 12.3 Å². The smallest absolute Gasteiger partial charge is 0.143 e. The number of benzene rings is 8. The summed E-state index contributed by atoms with van der Waals surface area (Å²) in [6.07, 6.45) is 0. The first kappa shape index (κ1) is 14.5. The molecular formula is C46H29NOS. The first-order chi connectivity index (χ1) is 32.6. The highest BCUT2D eigenvalue weighted by molar-refractivity contribution is 7.25. The zero-order valence-corrected chi connectivity index (χ0v) is 25.8. The van der Waals surface area contributed by atoms with Crippen LogP contribution in [-0.4, -0.2) is 0 Å². The van der Waals surface area contributed by atoms with Gasteiger partial charge in [-0.15, -0.1) is 11.3 Å². The van der Waals surface area contributed by atoms with E-state index in [0.29, 0.717) is 16.4 Å². The molecule has 10 aromatic rings. The second kappa shape index (κ2) is 11.2. The molecule has 0 fully saturated rings. The van der Waals surface area contributed by atoms with Gasteiger partial charge in [0.25, 0.3) is 0 Å². The Balaban J connectivity index is 1.32. The second-order valence-electron chi connectivity index (χ2n) is 11.0. The summed E-state index contributed by atoms with van der Waals surface area (Å²) in [6, 6.07) is 0.735. The van der Waals surface area contributed by atoms with Gasteiger partial charge in [-0.05, 0) is 88.1 Å². The van der Waals surface area contributed by atoms with Crippen LogP contribution in [0.5, 0.6) is 0 Å². The molecule has 0 N–H and O–H groups in total. The van der Waals surface area contributed by atoms with Gasteiger partial charge in [-0.3, -0.25) is 0 Å². The molecule has 0 saturated heterocycles. The maximum absolute atomic E-state index is 9.67. The van der Waals surface area contributed by atoms with Crippen molar-refractivity contribution >= 4 is 81.3 Å². The minimum atomic E-state index is -0.869. The molecule has 230 valence electrons. The Bertz CT molecular complexity index is 3910.